The Morgan fingerprint density at radius 3 is 1.28 bits per heavy atom. The first-order valence-electron chi connectivity index (χ1n) is 10.3. The highest BCUT2D eigenvalue weighted by atomic mass is 16.5. The Bertz CT molecular complexity index is 381. The fraction of sp³-hybridized carbons (Fsp3) is 0.826. The average molecular weight is 349 g/mol. The zero-order valence-electron chi connectivity index (χ0n) is 17.1. The molecule has 2 saturated carbocycles. The van der Waals surface area contributed by atoms with E-state index in [0.717, 1.165) is 32.1 Å². The molecule has 0 N–H and O–H groups in total. The van der Waals surface area contributed by atoms with E-state index in [-0.39, 0.29) is 11.2 Å². The summed E-state index contributed by atoms with van der Waals surface area (Å²) >= 11 is 0. The van der Waals surface area contributed by atoms with E-state index in [4.69, 9.17) is 9.47 Å². The summed E-state index contributed by atoms with van der Waals surface area (Å²) in [6.07, 6.45) is 15.5. The molecule has 2 rings (SSSR count). The molecule has 2 aliphatic rings. The molecule has 0 heterocycles. The summed E-state index contributed by atoms with van der Waals surface area (Å²) in [5, 5.41) is 0. The Morgan fingerprint density at radius 2 is 1.00 bits per heavy atom. The lowest BCUT2D eigenvalue weighted by atomic mass is 9.85. The van der Waals surface area contributed by atoms with Gasteiger partial charge in [0.2, 0.25) is 0 Å². The van der Waals surface area contributed by atoms with Crippen LogP contribution < -0.4 is 0 Å². The topological polar surface area (TPSA) is 18.5 Å². The van der Waals surface area contributed by atoms with Gasteiger partial charge >= 0.3 is 0 Å². The van der Waals surface area contributed by atoms with Gasteiger partial charge in [-0.3, -0.25) is 0 Å². The van der Waals surface area contributed by atoms with Crippen molar-refractivity contribution in [2.75, 3.05) is 0 Å². The minimum absolute atomic E-state index is 0.145. The Balaban J connectivity index is 1.79. The summed E-state index contributed by atoms with van der Waals surface area (Å²) in [6, 6.07) is 0. The Morgan fingerprint density at radius 1 is 0.680 bits per heavy atom. The van der Waals surface area contributed by atoms with Crippen molar-refractivity contribution in [1.82, 2.24) is 0 Å². The van der Waals surface area contributed by atoms with Crippen LogP contribution in [0.3, 0.4) is 0 Å². The van der Waals surface area contributed by atoms with Gasteiger partial charge in [-0.15, -0.1) is 13.2 Å². The van der Waals surface area contributed by atoms with E-state index < -0.39 is 0 Å². The molecule has 0 bridgehead atoms. The van der Waals surface area contributed by atoms with Gasteiger partial charge in [0.15, 0.2) is 0 Å². The third kappa shape index (κ3) is 6.90. The monoisotopic (exact) mass is 348 g/mol. The van der Waals surface area contributed by atoms with Crippen LogP contribution in [0.4, 0.5) is 0 Å². The van der Waals surface area contributed by atoms with Crippen LogP contribution in [0.1, 0.15) is 85.5 Å². The highest BCUT2D eigenvalue weighted by Gasteiger charge is 2.35. The zero-order chi connectivity index (χ0) is 18.5. The normalized spacial score (nSPS) is 31.5. The van der Waals surface area contributed by atoms with E-state index in [1.54, 1.807) is 0 Å². The molecule has 2 aliphatic carbocycles. The first-order chi connectivity index (χ1) is 11.7. The molecule has 2 fully saturated rings. The van der Waals surface area contributed by atoms with Crippen LogP contribution in [-0.4, -0.2) is 23.4 Å². The molecule has 2 nitrogen and oxygen atoms in total. The smallest absolute Gasteiger partial charge is 0.0657 e. The number of allylic oxidation sites excluding steroid dienone is 2. The molecular weight excluding hydrogens is 308 g/mol. The van der Waals surface area contributed by atoms with Crippen molar-refractivity contribution < 1.29 is 9.47 Å². The molecule has 0 unspecified atom stereocenters. The maximum Gasteiger partial charge on any atom is 0.0657 e. The van der Waals surface area contributed by atoms with Crippen LogP contribution in [0.15, 0.2) is 25.3 Å². The van der Waals surface area contributed by atoms with E-state index in [1.807, 2.05) is 0 Å². The van der Waals surface area contributed by atoms with Crippen molar-refractivity contribution in [1.29, 1.82) is 0 Å². The number of hydrogen-bond donors (Lipinski definition) is 0. The molecule has 2 heteroatoms. The molecular formula is C23H40O2. The lowest BCUT2D eigenvalue weighted by Crippen LogP contribution is -2.42. The summed E-state index contributed by atoms with van der Waals surface area (Å²) in [6.45, 7) is 16.8. The standard InChI is InChI=1S/C23H40O2/c1-7-18-9-13-20(14-10-18)24-22(3,4)17-23(5,6)25-21-15-11-19(8-2)12-16-21/h7-8,18-21H,1-2,9-17H2,3-6H3. The van der Waals surface area contributed by atoms with Crippen molar-refractivity contribution in [2.24, 2.45) is 11.8 Å². The van der Waals surface area contributed by atoms with Crippen LogP contribution in [0, 0.1) is 11.8 Å². The Labute approximate surface area is 156 Å². The predicted octanol–water partition coefficient (Wildman–Crippen LogP) is 6.46. The highest BCUT2D eigenvalue weighted by Crippen LogP contribution is 2.36. The molecule has 0 atom stereocenters. The van der Waals surface area contributed by atoms with Gasteiger partial charge in [0, 0.05) is 6.42 Å². The second-order valence-corrected chi connectivity index (χ2v) is 9.48. The summed E-state index contributed by atoms with van der Waals surface area (Å²) in [7, 11) is 0. The number of rotatable bonds is 8. The summed E-state index contributed by atoms with van der Waals surface area (Å²) in [5.74, 6) is 1.38. The van der Waals surface area contributed by atoms with Crippen LogP contribution in [0.2, 0.25) is 0 Å². The van der Waals surface area contributed by atoms with Gasteiger partial charge in [-0.05, 0) is 90.9 Å². The largest absolute Gasteiger partial charge is 0.372 e. The van der Waals surface area contributed by atoms with E-state index in [1.165, 1.54) is 25.7 Å². The van der Waals surface area contributed by atoms with E-state index in [0.29, 0.717) is 24.0 Å². The zero-order valence-corrected chi connectivity index (χ0v) is 17.1. The maximum atomic E-state index is 6.50. The maximum absolute atomic E-state index is 6.50. The van der Waals surface area contributed by atoms with E-state index in [2.05, 4.69) is 53.0 Å². The van der Waals surface area contributed by atoms with Gasteiger partial charge in [-0.1, -0.05) is 12.2 Å². The Kier molecular flexibility index (Phi) is 7.34. The molecule has 0 aliphatic heterocycles. The van der Waals surface area contributed by atoms with Crippen LogP contribution >= 0.6 is 0 Å². The fourth-order valence-corrected chi connectivity index (χ4v) is 4.90. The summed E-state index contributed by atoms with van der Waals surface area (Å²) < 4.78 is 13.0. The number of ether oxygens (including phenoxy) is 2. The summed E-state index contributed by atoms with van der Waals surface area (Å²) in [4.78, 5) is 0. The minimum atomic E-state index is -0.145. The van der Waals surface area contributed by atoms with E-state index in [9.17, 15) is 0 Å². The predicted molar refractivity (Wildman–Crippen MR) is 107 cm³/mol. The lowest BCUT2D eigenvalue weighted by Gasteiger charge is -2.41. The summed E-state index contributed by atoms with van der Waals surface area (Å²) in [5.41, 5.74) is -0.291. The highest BCUT2D eigenvalue weighted by molar-refractivity contribution is 4.89. The third-order valence-corrected chi connectivity index (χ3v) is 5.93. The van der Waals surface area contributed by atoms with Crippen LogP contribution in [0.25, 0.3) is 0 Å². The van der Waals surface area contributed by atoms with Crippen molar-refractivity contribution in [3.63, 3.8) is 0 Å². The molecule has 144 valence electrons. The molecule has 0 spiro atoms. The third-order valence-electron chi connectivity index (χ3n) is 5.93. The lowest BCUT2D eigenvalue weighted by molar-refractivity contribution is -0.154. The average Bonchev–Trinajstić information content (AvgIpc) is 2.54. The van der Waals surface area contributed by atoms with Crippen molar-refractivity contribution in [3.05, 3.63) is 25.3 Å². The molecule has 0 aromatic carbocycles. The quantitative estimate of drug-likeness (QED) is 0.469. The molecule has 25 heavy (non-hydrogen) atoms. The van der Waals surface area contributed by atoms with Crippen LogP contribution in [0.5, 0.6) is 0 Å². The van der Waals surface area contributed by atoms with Crippen molar-refractivity contribution >= 4 is 0 Å². The first kappa shape index (κ1) is 20.7. The van der Waals surface area contributed by atoms with Gasteiger partial charge < -0.3 is 9.47 Å². The molecule has 0 saturated heterocycles. The number of hydrogen-bond acceptors (Lipinski definition) is 2. The fourth-order valence-electron chi connectivity index (χ4n) is 4.90. The first-order valence-corrected chi connectivity index (χ1v) is 10.3. The minimum Gasteiger partial charge on any atom is -0.372 e. The molecule has 0 amide bonds. The van der Waals surface area contributed by atoms with Crippen molar-refractivity contribution in [3.8, 4) is 0 Å². The van der Waals surface area contributed by atoms with Gasteiger partial charge in [0.25, 0.3) is 0 Å². The SMILES string of the molecule is C=CC1CCC(OC(C)(C)CC(C)(C)OC2CCC(C=C)CC2)CC1. The molecule has 0 aromatic heterocycles. The van der Waals surface area contributed by atoms with Gasteiger partial charge in [-0.25, -0.2) is 0 Å². The van der Waals surface area contributed by atoms with Crippen molar-refractivity contribution in [2.45, 2.75) is 109 Å². The molecule has 0 aromatic rings. The molecule has 0 radical (unpaired) electrons. The Hall–Kier alpha value is -0.600. The van der Waals surface area contributed by atoms with Gasteiger partial charge in [-0.2, -0.15) is 0 Å². The van der Waals surface area contributed by atoms with Gasteiger partial charge in [0.1, 0.15) is 0 Å². The second-order valence-electron chi connectivity index (χ2n) is 9.48. The van der Waals surface area contributed by atoms with Gasteiger partial charge in [0.05, 0.1) is 23.4 Å². The second kappa shape index (κ2) is 8.86. The van der Waals surface area contributed by atoms with Crippen LogP contribution in [-0.2, 0) is 9.47 Å². The van der Waals surface area contributed by atoms with E-state index >= 15 is 0 Å².